The van der Waals surface area contributed by atoms with Crippen LogP contribution in [0.25, 0.3) is 0 Å². The van der Waals surface area contributed by atoms with Gasteiger partial charge in [0, 0.05) is 0 Å². The van der Waals surface area contributed by atoms with E-state index in [-0.39, 0.29) is 6.61 Å². The molecule has 0 aromatic carbocycles. The second kappa shape index (κ2) is 4.89. The average molecular weight is 224 g/mol. The Labute approximate surface area is 83.7 Å². The van der Waals surface area contributed by atoms with E-state index in [0.717, 1.165) is 0 Å². The molecule has 0 saturated carbocycles. The fourth-order valence-corrected chi connectivity index (χ4v) is 2.23. The number of nitrogens with two attached hydrogens (primary N) is 1. The fourth-order valence-electron chi connectivity index (χ4n) is 0.914. The van der Waals surface area contributed by atoms with Gasteiger partial charge < -0.3 is 9.26 Å². The molecule has 0 aliphatic heterocycles. The molecule has 0 aliphatic rings. The molecule has 0 fully saturated rings. The van der Waals surface area contributed by atoms with E-state index in [9.17, 15) is 9.36 Å². The number of methoxy groups -OCH3 is 1. The molecule has 0 heterocycles. The number of nitrogens with one attached hydrogen (secondary N) is 1. The highest BCUT2D eigenvalue weighted by atomic mass is 31.2. The summed E-state index contributed by atoms with van der Waals surface area (Å²) in [4.78, 5) is 11.2. The van der Waals surface area contributed by atoms with Gasteiger partial charge in [0.2, 0.25) is 0 Å². The van der Waals surface area contributed by atoms with E-state index < -0.39 is 19.2 Å². The first-order chi connectivity index (χ1) is 6.25. The van der Waals surface area contributed by atoms with Gasteiger partial charge in [-0.1, -0.05) is 0 Å². The zero-order valence-corrected chi connectivity index (χ0v) is 9.76. The lowest BCUT2D eigenvalue weighted by Crippen LogP contribution is -2.47. The van der Waals surface area contributed by atoms with Gasteiger partial charge in [-0.15, -0.1) is 0 Å². The lowest BCUT2D eigenvalue weighted by atomic mass is 10.1. The number of carbonyl (C=O) groups is 1. The van der Waals surface area contributed by atoms with Gasteiger partial charge in [-0.05, 0) is 20.8 Å². The summed E-state index contributed by atoms with van der Waals surface area (Å²) in [7, 11) is -2.19. The topological polar surface area (TPSA) is 90.6 Å². The Morgan fingerprint density at radius 3 is 2.43 bits per heavy atom. The molecule has 7 heteroatoms. The molecular formula is C7H17N2O4P. The van der Waals surface area contributed by atoms with Crippen LogP contribution >= 0.6 is 7.67 Å². The molecule has 0 rings (SSSR count). The lowest BCUT2D eigenvalue weighted by Gasteiger charge is -2.26. The van der Waals surface area contributed by atoms with Gasteiger partial charge in [-0.25, -0.2) is 10.6 Å². The van der Waals surface area contributed by atoms with E-state index in [2.05, 4.69) is 9.82 Å². The second-order valence-corrected chi connectivity index (χ2v) is 4.92. The first kappa shape index (κ1) is 13.6. The highest BCUT2D eigenvalue weighted by Gasteiger charge is 2.35. The van der Waals surface area contributed by atoms with Crippen LogP contribution in [0.1, 0.15) is 20.8 Å². The molecule has 6 nitrogen and oxygen atoms in total. The Hall–Kier alpha value is -0.420. The predicted molar refractivity (Wildman–Crippen MR) is 52.7 cm³/mol. The minimum absolute atomic E-state index is 0.206. The lowest BCUT2D eigenvalue weighted by molar-refractivity contribution is -0.146. The maximum absolute atomic E-state index is 11.5. The summed E-state index contributed by atoms with van der Waals surface area (Å²) in [5, 5.41) is 2.42. The first-order valence-electron chi connectivity index (χ1n) is 4.16. The van der Waals surface area contributed by atoms with Crippen LogP contribution in [0.5, 0.6) is 0 Å². The third kappa shape index (κ3) is 4.19. The molecule has 0 saturated heterocycles. The van der Waals surface area contributed by atoms with E-state index in [4.69, 9.17) is 10.0 Å². The van der Waals surface area contributed by atoms with Gasteiger partial charge in [0.25, 0.3) is 0 Å². The van der Waals surface area contributed by atoms with Gasteiger partial charge >= 0.3 is 13.6 Å². The number of esters is 1. The number of ether oxygens (including phenoxy) is 1. The third-order valence-corrected chi connectivity index (χ3v) is 2.96. The van der Waals surface area contributed by atoms with Gasteiger partial charge in [0.1, 0.15) is 5.54 Å². The smallest absolute Gasteiger partial charge is 0.339 e. The maximum atomic E-state index is 11.5. The van der Waals surface area contributed by atoms with Crippen LogP contribution in [0.2, 0.25) is 0 Å². The molecule has 0 aliphatic carbocycles. The number of rotatable bonds is 5. The quantitative estimate of drug-likeness (QED) is 0.525. The van der Waals surface area contributed by atoms with E-state index in [1.807, 2.05) is 0 Å². The summed E-state index contributed by atoms with van der Waals surface area (Å²) in [6.07, 6.45) is 0. The zero-order valence-electron chi connectivity index (χ0n) is 8.86. The van der Waals surface area contributed by atoms with Crippen molar-refractivity contribution in [3.05, 3.63) is 0 Å². The summed E-state index contributed by atoms with van der Waals surface area (Å²) < 4.78 is 20.8. The SMILES string of the molecule is CCOP(N)(=O)NC(C)(C)C(=O)OC. The van der Waals surface area contributed by atoms with Crippen molar-refractivity contribution in [2.45, 2.75) is 26.3 Å². The molecule has 0 radical (unpaired) electrons. The summed E-state index contributed by atoms with van der Waals surface area (Å²) in [6, 6.07) is 0. The number of hydrogen-bond donors (Lipinski definition) is 2. The van der Waals surface area contributed by atoms with E-state index in [0.29, 0.717) is 0 Å². The van der Waals surface area contributed by atoms with Crippen LogP contribution in [0, 0.1) is 0 Å². The minimum Gasteiger partial charge on any atom is -0.468 e. The van der Waals surface area contributed by atoms with Crippen molar-refractivity contribution in [3.63, 3.8) is 0 Å². The van der Waals surface area contributed by atoms with Crippen molar-refractivity contribution in [1.82, 2.24) is 5.09 Å². The van der Waals surface area contributed by atoms with E-state index in [1.54, 1.807) is 6.92 Å². The normalized spacial score (nSPS) is 16.1. The molecule has 0 bridgehead atoms. The highest BCUT2D eigenvalue weighted by molar-refractivity contribution is 7.54. The van der Waals surface area contributed by atoms with Crippen LogP contribution in [-0.4, -0.2) is 25.2 Å². The molecule has 84 valence electrons. The molecule has 0 aromatic rings. The standard InChI is InChI=1S/C7H17N2O4P/c1-5-13-14(8,11)9-7(2,3)6(10)12-4/h5H2,1-4H3,(H3,8,9,11). The van der Waals surface area contributed by atoms with Gasteiger partial charge in [0.05, 0.1) is 13.7 Å². The predicted octanol–water partition coefficient (Wildman–Crippen LogP) is 0.631. The molecule has 14 heavy (non-hydrogen) atoms. The average Bonchev–Trinajstić information content (AvgIpc) is 2.00. The van der Waals surface area contributed by atoms with E-state index >= 15 is 0 Å². The molecule has 0 amide bonds. The summed E-state index contributed by atoms with van der Waals surface area (Å²) in [5.74, 6) is -0.553. The van der Waals surface area contributed by atoms with Crippen molar-refractivity contribution in [1.29, 1.82) is 0 Å². The minimum atomic E-state index is -3.43. The Bertz CT molecular complexity index is 254. The molecule has 1 atom stereocenters. The van der Waals surface area contributed by atoms with E-state index in [1.165, 1.54) is 21.0 Å². The van der Waals surface area contributed by atoms with Crippen LogP contribution in [0.4, 0.5) is 0 Å². The molecule has 0 aromatic heterocycles. The van der Waals surface area contributed by atoms with Crippen LogP contribution in [0.3, 0.4) is 0 Å². The summed E-state index contributed by atoms with van der Waals surface area (Å²) in [5.41, 5.74) is 4.19. The van der Waals surface area contributed by atoms with Crippen molar-refractivity contribution < 1.29 is 18.6 Å². The van der Waals surface area contributed by atoms with Crippen LogP contribution in [0.15, 0.2) is 0 Å². The Morgan fingerprint density at radius 2 is 2.07 bits per heavy atom. The fraction of sp³-hybridized carbons (Fsp3) is 0.857. The van der Waals surface area contributed by atoms with Crippen LogP contribution in [-0.2, 0) is 18.6 Å². The number of hydrogen-bond acceptors (Lipinski definition) is 4. The third-order valence-electron chi connectivity index (χ3n) is 1.45. The summed E-state index contributed by atoms with van der Waals surface area (Å²) >= 11 is 0. The van der Waals surface area contributed by atoms with Crippen molar-refractivity contribution >= 4 is 13.6 Å². The molecular weight excluding hydrogens is 207 g/mol. The summed E-state index contributed by atoms with van der Waals surface area (Å²) in [6.45, 7) is 4.89. The first-order valence-corrected chi connectivity index (χ1v) is 5.85. The van der Waals surface area contributed by atoms with Crippen molar-refractivity contribution in [3.8, 4) is 0 Å². The second-order valence-electron chi connectivity index (χ2n) is 3.24. The molecule has 1 unspecified atom stereocenters. The van der Waals surface area contributed by atoms with Crippen molar-refractivity contribution in [2.24, 2.45) is 5.50 Å². The van der Waals surface area contributed by atoms with Gasteiger partial charge in [-0.3, -0.25) is 9.36 Å². The van der Waals surface area contributed by atoms with Crippen molar-refractivity contribution in [2.75, 3.05) is 13.7 Å². The highest BCUT2D eigenvalue weighted by Crippen LogP contribution is 2.35. The maximum Gasteiger partial charge on any atom is 0.339 e. The van der Waals surface area contributed by atoms with Gasteiger partial charge in [0.15, 0.2) is 0 Å². The molecule has 0 spiro atoms. The monoisotopic (exact) mass is 224 g/mol. The largest absolute Gasteiger partial charge is 0.468 e. The number of carbonyl (C=O) groups excluding carboxylic acids is 1. The Balaban J connectivity index is 4.49. The molecule has 3 N–H and O–H groups in total. The van der Waals surface area contributed by atoms with Gasteiger partial charge in [-0.2, -0.15) is 0 Å². The zero-order chi connectivity index (χ0) is 11.4. The van der Waals surface area contributed by atoms with Crippen LogP contribution < -0.4 is 10.6 Å². The Morgan fingerprint density at radius 1 is 1.57 bits per heavy atom. The Kier molecular flexibility index (Phi) is 4.74.